The van der Waals surface area contributed by atoms with Crippen LogP contribution in [0.5, 0.6) is 11.5 Å². The second-order valence-corrected chi connectivity index (χ2v) is 5.99. The Kier molecular flexibility index (Phi) is 3.29. The predicted molar refractivity (Wildman–Crippen MR) is 85.4 cm³/mol. The molecule has 23 heavy (non-hydrogen) atoms. The van der Waals surface area contributed by atoms with Crippen LogP contribution in [0.1, 0.15) is 31.4 Å². The van der Waals surface area contributed by atoms with E-state index in [1.807, 2.05) is 18.5 Å². The predicted octanol–water partition coefficient (Wildman–Crippen LogP) is 2.45. The Morgan fingerprint density at radius 3 is 2.61 bits per heavy atom. The van der Waals surface area contributed by atoms with E-state index in [0.717, 1.165) is 47.9 Å². The number of rotatable bonds is 2. The lowest BCUT2D eigenvalue weighted by Gasteiger charge is -2.23. The van der Waals surface area contributed by atoms with Crippen molar-refractivity contribution in [1.29, 1.82) is 0 Å². The molecule has 5 heteroatoms. The van der Waals surface area contributed by atoms with Gasteiger partial charge in [0.05, 0.1) is 19.6 Å². The summed E-state index contributed by atoms with van der Waals surface area (Å²) in [4.78, 5) is 16.7. The van der Waals surface area contributed by atoms with Crippen LogP contribution in [-0.4, -0.2) is 25.0 Å². The summed E-state index contributed by atoms with van der Waals surface area (Å²) in [6, 6.07) is 3.90. The van der Waals surface area contributed by atoms with Crippen LogP contribution in [0.25, 0.3) is 16.6 Å². The zero-order valence-corrected chi connectivity index (χ0v) is 13.4. The molecule has 0 spiro atoms. The Bertz CT molecular complexity index is 855. The van der Waals surface area contributed by atoms with E-state index in [2.05, 4.69) is 9.55 Å². The van der Waals surface area contributed by atoms with Crippen molar-refractivity contribution in [3.63, 3.8) is 0 Å². The molecular weight excluding hydrogens is 292 g/mol. The third-order valence-electron chi connectivity index (χ3n) is 4.82. The topological polar surface area (TPSA) is 52.3 Å². The summed E-state index contributed by atoms with van der Waals surface area (Å²) in [5.41, 5.74) is 4.21. The van der Waals surface area contributed by atoms with Gasteiger partial charge < -0.3 is 9.47 Å². The Labute approximate surface area is 134 Å². The number of methoxy groups -OCH3 is 2. The number of carbonyl (C=O) groups is 1. The van der Waals surface area contributed by atoms with E-state index in [9.17, 15) is 4.79 Å². The molecule has 0 radical (unpaired) electrons. The van der Waals surface area contributed by atoms with Crippen LogP contribution >= 0.6 is 0 Å². The molecule has 0 fully saturated rings. The summed E-state index contributed by atoms with van der Waals surface area (Å²) < 4.78 is 12.9. The number of aryl methyl sites for hydroxylation is 1. The van der Waals surface area contributed by atoms with E-state index in [1.165, 1.54) is 5.69 Å². The highest BCUT2D eigenvalue weighted by molar-refractivity contribution is 6.01. The lowest BCUT2D eigenvalue weighted by Crippen LogP contribution is -2.43. The summed E-state index contributed by atoms with van der Waals surface area (Å²) in [5.74, 6) is 1.69. The van der Waals surface area contributed by atoms with Gasteiger partial charge in [0, 0.05) is 30.9 Å². The Morgan fingerprint density at radius 2 is 1.83 bits per heavy atom. The third kappa shape index (κ3) is 2.11. The van der Waals surface area contributed by atoms with Gasteiger partial charge in [0.2, 0.25) is 0 Å². The fourth-order valence-electron chi connectivity index (χ4n) is 3.69. The summed E-state index contributed by atoms with van der Waals surface area (Å²) in [6.45, 7) is 0. The molecular formula is C18H19N2O3+. The smallest absolute Gasteiger partial charge is 0.291 e. The van der Waals surface area contributed by atoms with Crippen LogP contribution in [0.15, 0.2) is 24.0 Å². The molecule has 1 aliphatic carbocycles. The molecule has 0 saturated heterocycles. The third-order valence-corrected chi connectivity index (χ3v) is 4.82. The Morgan fingerprint density at radius 1 is 1.04 bits per heavy atom. The van der Waals surface area contributed by atoms with Gasteiger partial charge in [-0.15, -0.1) is 0 Å². The van der Waals surface area contributed by atoms with Crippen LogP contribution < -0.4 is 14.0 Å². The first kappa shape index (κ1) is 14.2. The van der Waals surface area contributed by atoms with Crippen LogP contribution in [0.3, 0.4) is 0 Å². The van der Waals surface area contributed by atoms with Crippen molar-refractivity contribution in [2.75, 3.05) is 14.2 Å². The van der Waals surface area contributed by atoms with Crippen LogP contribution in [0.4, 0.5) is 0 Å². The molecule has 1 aromatic carbocycles. The molecule has 2 heterocycles. The second-order valence-electron chi connectivity index (χ2n) is 5.99. The maximum atomic E-state index is 12.2. The normalized spacial score (nSPS) is 17.0. The molecule has 4 rings (SSSR count). The van der Waals surface area contributed by atoms with Gasteiger partial charge in [-0.3, -0.25) is 4.79 Å². The zero-order valence-electron chi connectivity index (χ0n) is 13.4. The minimum absolute atomic E-state index is 0.303. The minimum Gasteiger partial charge on any atom is -0.493 e. The molecule has 0 atom stereocenters. The van der Waals surface area contributed by atoms with Gasteiger partial charge in [-0.1, -0.05) is 0 Å². The van der Waals surface area contributed by atoms with Gasteiger partial charge in [-0.2, -0.15) is 0 Å². The summed E-state index contributed by atoms with van der Waals surface area (Å²) in [5, 5.41) is 1.06. The van der Waals surface area contributed by atoms with Crippen molar-refractivity contribution in [3.8, 4) is 11.5 Å². The number of carbonyl (C=O) groups excluding carboxylic acids is 1. The van der Waals surface area contributed by atoms with Gasteiger partial charge in [-0.05, 0) is 23.9 Å². The highest BCUT2D eigenvalue weighted by Gasteiger charge is 2.32. The first-order valence-electron chi connectivity index (χ1n) is 7.94. The number of nitrogens with zero attached hydrogens (tertiary/aromatic N) is 2. The van der Waals surface area contributed by atoms with Crippen molar-refractivity contribution < 1.29 is 18.8 Å². The van der Waals surface area contributed by atoms with Crippen molar-refractivity contribution in [1.82, 2.24) is 4.98 Å². The molecule has 5 nitrogen and oxygen atoms in total. The first-order chi connectivity index (χ1) is 11.2. The highest BCUT2D eigenvalue weighted by Crippen LogP contribution is 2.35. The van der Waals surface area contributed by atoms with E-state index >= 15 is 0 Å². The number of fused-ring (bicyclic) bond motifs is 4. The Hall–Kier alpha value is -2.43. The fourth-order valence-corrected chi connectivity index (χ4v) is 3.69. The lowest BCUT2D eigenvalue weighted by molar-refractivity contribution is -0.596. The molecule has 2 aliphatic rings. The molecule has 0 saturated carbocycles. The molecule has 0 N–H and O–H groups in total. The van der Waals surface area contributed by atoms with Crippen LogP contribution in [0, 0.1) is 0 Å². The lowest BCUT2D eigenvalue weighted by atomic mass is 9.88. The second kappa shape index (κ2) is 5.33. The molecule has 0 amide bonds. The number of Topliss-reactive ketones (excluding diaryl/α,β-unsaturated/α-hetero) is 1. The molecule has 0 unspecified atom stereocenters. The molecule has 118 valence electrons. The van der Waals surface area contributed by atoms with Crippen LogP contribution in [0.2, 0.25) is 0 Å². The Balaban J connectivity index is 1.96. The molecule has 1 aromatic heterocycles. The number of hydrogen-bond donors (Lipinski definition) is 0. The number of ketones is 1. The zero-order chi connectivity index (χ0) is 16.0. The maximum absolute atomic E-state index is 12.2. The minimum atomic E-state index is 0.303. The van der Waals surface area contributed by atoms with Crippen molar-refractivity contribution in [3.05, 3.63) is 29.7 Å². The number of benzene rings is 1. The van der Waals surface area contributed by atoms with Crippen molar-refractivity contribution in [2.24, 2.45) is 0 Å². The van der Waals surface area contributed by atoms with E-state index in [1.54, 1.807) is 14.2 Å². The van der Waals surface area contributed by atoms with Crippen molar-refractivity contribution >= 4 is 22.4 Å². The van der Waals surface area contributed by atoms with E-state index in [4.69, 9.17) is 9.47 Å². The number of allylic oxidation sites excluding steroid dienone is 2. The summed E-state index contributed by atoms with van der Waals surface area (Å²) in [6.07, 6.45) is 6.06. The monoisotopic (exact) mass is 311 g/mol. The number of aromatic nitrogens is 2. The standard InChI is InChI=1S/C18H19N2O3/c1-22-17-8-12-13(9-18(17)23-2)19-10-20-14-4-3-5-16(21)11(14)6-7-15(12)20/h8-10H,3-7H2,1-2H3/q+1. The van der Waals surface area contributed by atoms with Crippen molar-refractivity contribution in [2.45, 2.75) is 32.1 Å². The van der Waals surface area contributed by atoms with Gasteiger partial charge in [0.1, 0.15) is 11.4 Å². The average Bonchev–Trinajstić information content (AvgIpc) is 2.60. The molecule has 1 aliphatic heterocycles. The van der Waals surface area contributed by atoms with E-state index < -0.39 is 0 Å². The van der Waals surface area contributed by atoms with Gasteiger partial charge in [-0.25, -0.2) is 4.57 Å². The molecule has 2 aromatic rings. The van der Waals surface area contributed by atoms with Gasteiger partial charge >= 0.3 is 0 Å². The van der Waals surface area contributed by atoms with Gasteiger partial charge in [0.15, 0.2) is 22.8 Å². The van der Waals surface area contributed by atoms with Crippen LogP contribution in [-0.2, 0) is 11.2 Å². The average molecular weight is 311 g/mol. The highest BCUT2D eigenvalue weighted by atomic mass is 16.5. The van der Waals surface area contributed by atoms with E-state index in [0.29, 0.717) is 23.7 Å². The SMILES string of the molecule is COc1cc2nc[n+]3c(c2cc1OC)CCC1=C3CCCC1=O. The number of hydrogen-bond acceptors (Lipinski definition) is 4. The van der Waals surface area contributed by atoms with E-state index in [-0.39, 0.29) is 0 Å². The largest absolute Gasteiger partial charge is 0.493 e. The molecule has 0 bridgehead atoms. The number of ether oxygens (including phenoxy) is 2. The quantitative estimate of drug-likeness (QED) is 0.800. The first-order valence-corrected chi connectivity index (χ1v) is 7.94. The maximum Gasteiger partial charge on any atom is 0.291 e. The summed E-state index contributed by atoms with van der Waals surface area (Å²) in [7, 11) is 3.27. The fraction of sp³-hybridized carbons (Fsp3) is 0.389. The van der Waals surface area contributed by atoms with Gasteiger partial charge in [0.25, 0.3) is 6.33 Å². The summed E-state index contributed by atoms with van der Waals surface area (Å²) >= 11 is 0.